The number of aromatic nitrogens is 2. The Morgan fingerprint density at radius 3 is 2.52 bits per heavy atom. The number of nitrogens with zero attached hydrogens (tertiary/aromatic N) is 3. The molecule has 120 valence electrons. The summed E-state index contributed by atoms with van der Waals surface area (Å²) < 4.78 is 5.98. The average molecular weight is 310 g/mol. The van der Waals surface area contributed by atoms with Crippen LogP contribution in [0.5, 0.6) is 5.75 Å². The molecule has 0 atom stereocenters. The van der Waals surface area contributed by atoms with Gasteiger partial charge in [0.05, 0.1) is 5.69 Å². The number of rotatable bonds is 4. The minimum atomic E-state index is -0.270. The second-order valence-electron chi connectivity index (χ2n) is 6.42. The minimum absolute atomic E-state index is 0.270. The Kier molecular flexibility index (Phi) is 4.85. The zero-order valence-electron chi connectivity index (χ0n) is 14.3. The predicted octanol–water partition coefficient (Wildman–Crippen LogP) is 3.75. The van der Waals surface area contributed by atoms with Crippen LogP contribution in [0.25, 0.3) is 0 Å². The van der Waals surface area contributed by atoms with Gasteiger partial charge in [-0.25, -0.2) is 0 Å². The molecule has 1 heterocycles. The van der Waals surface area contributed by atoms with Crippen molar-refractivity contribution in [2.45, 2.75) is 46.8 Å². The number of benzene rings is 1. The molecule has 0 amide bonds. The van der Waals surface area contributed by atoms with Crippen molar-refractivity contribution < 1.29 is 4.74 Å². The summed E-state index contributed by atoms with van der Waals surface area (Å²) in [6, 6.07) is 10.0. The van der Waals surface area contributed by atoms with E-state index in [2.05, 4.69) is 21.6 Å². The van der Waals surface area contributed by atoms with Crippen LogP contribution in [0.15, 0.2) is 24.3 Å². The van der Waals surface area contributed by atoms with E-state index in [0.29, 0.717) is 17.9 Å². The summed E-state index contributed by atoms with van der Waals surface area (Å²) >= 11 is 0. The highest BCUT2D eigenvalue weighted by atomic mass is 16.5. The molecule has 1 N–H and O–H groups in total. The lowest BCUT2D eigenvalue weighted by Crippen LogP contribution is -2.24. The van der Waals surface area contributed by atoms with Crippen molar-refractivity contribution in [1.82, 2.24) is 10.2 Å². The van der Waals surface area contributed by atoms with Crippen molar-refractivity contribution in [3.05, 3.63) is 46.6 Å². The Morgan fingerprint density at radius 2 is 1.87 bits per heavy atom. The Hall–Kier alpha value is -2.61. The van der Waals surface area contributed by atoms with Crippen LogP contribution in [0.4, 0.5) is 5.82 Å². The van der Waals surface area contributed by atoms with Crippen molar-refractivity contribution in [3.63, 3.8) is 0 Å². The summed E-state index contributed by atoms with van der Waals surface area (Å²) in [4.78, 5) is 0. The first-order chi connectivity index (χ1) is 10.8. The molecule has 23 heavy (non-hydrogen) atoms. The van der Waals surface area contributed by atoms with Crippen molar-refractivity contribution in [1.29, 1.82) is 5.26 Å². The van der Waals surface area contributed by atoms with E-state index >= 15 is 0 Å². The maximum absolute atomic E-state index is 9.35. The lowest BCUT2D eigenvalue weighted by atomic mass is 10.1. The standard InChI is InChI=1S/C18H22N4O/c1-12-13(2)21-22-17(15(12)10-19)20-11-14-8-6-7-9-16(14)23-18(3,4)5/h6-9H,11H2,1-5H3,(H,20,22). The molecular formula is C18H22N4O. The monoisotopic (exact) mass is 310 g/mol. The molecule has 2 rings (SSSR count). The van der Waals surface area contributed by atoms with Crippen LogP contribution in [-0.2, 0) is 6.54 Å². The van der Waals surface area contributed by atoms with E-state index in [1.165, 1.54) is 0 Å². The number of ether oxygens (including phenoxy) is 1. The van der Waals surface area contributed by atoms with Gasteiger partial charge in [-0.05, 0) is 46.2 Å². The molecule has 0 saturated heterocycles. The normalized spacial score (nSPS) is 11.0. The molecule has 0 spiro atoms. The molecule has 0 aliphatic carbocycles. The van der Waals surface area contributed by atoms with Gasteiger partial charge in [0.1, 0.15) is 23.0 Å². The first kappa shape index (κ1) is 16.8. The second kappa shape index (κ2) is 6.66. The molecule has 2 aromatic rings. The highest BCUT2D eigenvalue weighted by Gasteiger charge is 2.15. The highest BCUT2D eigenvalue weighted by Crippen LogP contribution is 2.24. The van der Waals surface area contributed by atoms with E-state index < -0.39 is 0 Å². The van der Waals surface area contributed by atoms with Crippen LogP contribution in [0.2, 0.25) is 0 Å². The first-order valence-electron chi connectivity index (χ1n) is 7.56. The maximum Gasteiger partial charge on any atom is 0.167 e. The van der Waals surface area contributed by atoms with E-state index in [9.17, 15) is 5.26 Å². The van der Waals surface area contributed by atoms with Crippen LogP contribution >= 0.6 is 0 Å². The van der Waals surface area contributed by atoms with Gasteiger partial charge >= 0.3 is 0 Å². The first-order valence-corrected chi connectivity index (χ1v) is 7.56. The van der Waals surface area contributed by atoms with Gasteiger partial charge in [-0.15, -0.1) is 5.10 Å². The van der Waals surface area contributed by atoms with Crippen molar-refractivity contribution in [2.75, 3.05) is 5.32 Å². The van der Waals surface area contributed by atoms with Gasteiger partial charge in [0, 0.05) is 12.1 Å². The largest absolute Gasteiger partial charge is 0.488 e. The second-order valence-corrected chi connectivity index (χ2v) is 6.42. The van der Waals surface area contributed by atoms with E-state index in [4.69, 9.17) is 4.74 Å². The fourth-order valence-corrected chi connectivity index (χ4v) is 2.13. The number of hydrogen-bond donors (Lipinski definition) is 1. The number of nitrogens with one attached hydrogen (secondary N) is 1. The number of aryl methyl sites for hydroxylation is 1. The minimum Gasteiger partial charge on any atom is -0.488 e. The Morgan fingerprint density at radius 1 is 1.17 bits per heavy atom. The third-order valence-corrected chi connectivity index (χ3v) is 3.40. The van der Waals surface area contributed by atoms with E-state index in [1.807, 2.05) is 58.9 Å². The Balaban J connectivity index is 2.23. The molecule has 0 bridgehead atoms. The molecule has 0 aliphatic heterocycles. The summed E-state index contributed by atoms with van der Waals surface area (Å²) in [5, 5.41) is 20.7. The van der Waals surface area contributed by atoms with E-state index in [0.717, 1.165) is 22.6 Å². The highest BCUT2D eigenvalue weighted by molar-refractivity contribution is 5.56. The summed E-state index contributed by atoms with van der Waals surface area (Å²) in [5.41, 5.74) is 2.89. The summed E-state index contributed by atoms with van der Waals surface area (Å²) in [7, 11) is 0. The fourth-order valence-electron chi connectivity index (χ4n) is 2.13. The third kappa shape index (κ3) is 4.19. The molecule has 0 unspecified atom stereocenters. The quantitative estimate of drug-likeness (QED) is 0.931. The molecule has 5 heteroatoms. The number of anilines is 1. The topological polar surface area (TPSA) is 70.8 Å². The predicted molar refractivity (Wildman–Crippen MR) is 90.4 cm³/mol. The smallest absolute Gasteiger partial charge is 0.167 e. The molecule has 1 aromatic carbocycles. The summed E-state index contributed by atoms with van der Waals surface area (Å²) in [5.74, 6) is 1.32. The van der Waals surface area contributed by atoms with E-state index in [1.54, 1.807) is 0 Å². The van der Waals surface area contributed by atoms with Crippen LogP contribution < -0.4 is 10.1 Å². The Bertz CT molecular complexity index is 742. The van der Waals surface area contributed by atoms with E-state index in [-0.39, 0.29) is 5.60 Å². The van der Waals surface area contributed by atoms with Crippen molar-refractivity contribution in [3.8, 4) is 11.8 Å². The molecule has 5 nitrogen and oxygen atoms in total. The zero-order valence-corrected chi connectivity index (χ0v) is 14.3. The fraction of sp³-hybridized carbons (Fsp3) is 0.389. The lowest BCUT2D eigenvalue weighted by molar-refractivity contribution is 0.129. The van der Waals surface area contributed by atoms with Gasteiger partial charge in [0.25, 0.3) is 0 Å². The summed E-state index contributed by atoms with van der Waals surface area (Å²) in [6.45, 7) is 10.3. The van der Waals surface area contributed by atoms with Gasteiger partial charge in [0.2, 0.25) is 0 Å². The van der Waals surface area contributed by atoms with Crippen LogP contribution in [0, 0.1) is 25.2 Å². The molecule has 0 saturated carbocycles. The maximum atomic E-state index is 9.35. The van der Waals surface area contributed by atoms with Crippen LogP contribution in [-0.4, -0.2) is 15.8 Å². The molecule has 1 aromatic heterocycles. The number of nitriles is 1. The van der Waals surface area contributed by atoms with Gasteiger partial charge < -0.3 is 10.1 Å². The lowest BCUT2D eigenvalue weighted by Gasteiger charge is -2.23. The van der Waals surface area contributed by atoms with Crippen molar-refractivity contribution in [2.24, 2.45) is 0 Å². The van der Waals surface area contributed by atoms with Gasteiger partial charge in [-0.2, -0.15) is 10.4 Å². The SMILES string of the molecule is Cc1nnc(NCc2ccccc2OC(C)(C)C)c(C#N)c1C. The van der Waals surface area contributed by atoms with Crippen LogP contribution in [0.1, 0.15) is 43.2 Å². The molecule has 0 fully saturated rings. The summed E-state index contributed by atoms with van der Waals surface area (Å²) in [6.07, 6.45) is 0. The van der Waals surface area contributed by atoms with Crippen molar-refractivity contribution >= 4 is 5.82 Å². The number of para-hydroxylation sites is 1. The van der Waals surface area contributed by atoms with Gasteiger partial charge in [-0.3, -0.25) is 0 Å². The molecular weight excluding hydrogens is 288 g/mol. The van der Waals surface area contributed by atoms with Crippen LogP contribution in [0.3, 0.4) is 0 Å². The van der Waals surface area contributed by atoms with Gasteiger partial charge in [0.15, 0.2) is 5.82 Å². The Labute approximate surface area is 137 Å². The zero-order chi connectivity index (χ0) is 17.0. The average Bonchev–Trinajstić information content (AvgIpc) is 2.48. The van der Waals surface area contributed by atoms with Gasteiger partial charge in [-0.1, -0.05) is 18.2 Å². The third-order valence-electron chi connectivity index (χ3n) is 3.40. The number of hydrogen-bond acceptors (Lipinski definition) is 5. The molecule has 0 aliphatic rings. The molecule has 0 radical (unpaired) electrons.